The molecule has 14 heavy (non-hydrogen) atoms. The van der Waals surface area contributed by atoms with Crippen LogP contribution >= 0.6 is 0 Å². The molecule has 0 aliphatic carbocycles. The molecule has 1 aliphatic rings. The lowest BCUT2D eigenvalue weighted by atomic mass is 9.92. The van der Waals surface area contributed by atoms with Crippen molar-refractivity contribution in [1.29, 1.82) is 0 Å². The number of piperidine rings is 1. The lowest BCUT2D eigenvalue weighted by Crippen LogP contribution is -2.49. The first kappa shape index (κ1) is 11.4. The minimum atomic E-state index is -1.76. The van der Waals surface area contributed by atoms with E-state index in [1.54, 1.807) is 0 Å². The lowest BCUT2D eigenvalue weighted by molar-refractivity contribution is -0.132. The summed E-state index contributed by atoms with van der Waals surface area (Å²) in [5.74, 6) is -0.225. The molecule has 2 N–H and O–H groups in total. The molecule has 1 aliphatic heterocycles. The number of amides is 1. The van der Waals surface area contributed by atoms with Crippen molar-refractivity contribution in [3.05, 3.63) is 0 Å². The van der Waals surface area contributed by atoms with Crippen molar-refractivity contribution < 1.29 is 9.18 Å². The molecule has 0 aromatic rings. The maximum absolute atomic E-state index is 13.7. The van der Waals surface area contributed by atoms with Crippen LogP contribution in [0.3, 0.4) is 0 Å². The highest BCUT2D eigenvalue weighted by molar-refractivity contribution is 5.83. The molecule has 82 valence electrons. The molecular weight excluding hydrogens is 183 g/mol. The summed E-state index contributed by atoms with van der Waals surface area (Å²) in [6.45, 7) is 6.50. The van der Waals surface area contributed by atoms with Crippen LogP contribution in [0.5, 0.6) is 0 Å². The normalized spacial score (nSPS) is 22.6. The van der Waals surface area contributed by atoms with Crippen LogP contribution in [-0.4, -0.2) is 36.1 Å². The molecule has 4 heteroatoms. The van der Waals surface area contributed by atoms with Crippen LogP contribution < -0.4 is 5.73 Å². The molecule has 1 heterocycles. The van der Waals surface area contributed by atoms with Crippen LogP contribution in [0.1, 0.15) is 26.7 Å². The van der Waals surface area contributed by atoms with Gasteiger partial charge in [-0.05, 0) is 5.92 Å². The van der Waals surface area contributed by atoms with Gasteiger partial charge in [0.2, 0.25) is 0 Å². The van der Waals surface area contributed by atoms with Crippen LogP contribution in [0.4, 0.5) is 4.39 Å². The number of hydrogen-bond acceptors (Lipinski definition) is 2. The van der Waals surface area contributed by atoms with E-state index in [0.29, 0.717) is 19.0 Å². The zero-order chi connectivity index (χ0) is 10.8. The number of primary amides is 1. The molecule has 0 radical (unpaired) electrons. The van der Waals surface area contributed by atoms with Crippen molar-refractivity contribution in [2.24, 2.45) is 11.7 Å². The first-order valence-corrected chi connectivity index (χ1v) is 5.15. The number of carbonyl (C=O) groups is 1. The maximum Gasteiger partial charge on any atom is 0.255 e. The molecule has 3 nitrogen and oxygen atoms in total. The molecule has 1 amide bonds. The summed E-state index contributed by atoms with van der Waals surface area (Å²) in [7, 11) is 0. The quantitative estimate of drug-likeness (QED) is 0.740. The van der Waals surface area contributed by atoms with Crippen molar-refractivity contribution in [2.45, 2.75) is 32.4 Å². The molecule has 0 spiro atoms. The summed E-state index contributed by atoms with van der Waals surface area (Å²) in [4.78, 5) is 13.0. The maximum atomic E-state index is 13.7. The van der Waals surface area contributed by atoms with Crippen LogP contribution in [0, 0.1) is 5.92 Å². The SMILES string of the molecule is CC(C)CN1CCC(F)(C(N)=O)CC1. The van der Waals surface area contributed by atoms with Gasteiger partial charge in [0.15, 0.2) is 5.67 Å². The van der Waals surface area contributed by atoms with Crippen LogP contribution in [-0.2, 0) is 4.79 Å². The third-order valence-electron chi connectivity index (χ3n) is 2.71. The summed E-state index contributed by atoms with van der Waals surface area (Å²) >= 11 is 0. The average Bonchev–Trinajstić information content (AvgIpc) is 2.08. The van der Waals surface area contributed by atoms with E-state index in [0.717, 1.165) is 6.54 Å². The number of halogens is 1. The highest BCUT2D eigenvalue weighted by Crippen LogP contribution is 2.26. The Bertz CT molecular complexity index is 210. The molecular formula is C10H19FN2O. The van der Waals surface area contributed by atoms with Gasteiger partial charge in [0, 0.05) is 32.5 Å². The van der Waals surface area contributed by atoms with Crippen molar-refractivity contribution in [3.8, 4) is 0 Å². The van der Waals surface area contributed by atoms with Gasteiger partial charge in [0.1, 0.15) is 0 Å². The molecule has 1 saturated heterocycles. The van der Waals surface area contributed by atoms with E-state index in [9.17, 15) is 9.18 Å². The predicted molar refractivity (Wildman–Crippen MR) is 53.5 cm³/mol. The average molecular weight is 202 g/mol. The number of carbonyl (C=O) groups excluding carboxylic acids is 1. The van der Waals surface area contributed by atoms with Gasteiger partial charge in [0.25, 0.3) is 5.91 Å². The Morgan fingerprint density at radius 2 is 2.00 bits per heavy atom. The molecule has 0 aromatic heterocycles. The van der Waals surface area contributed by atoms with E-state index in [2.05, 4.69) is 18.7 Å². The van der Waals surface area contributed by atoms with E-state index >= 15 is 0 Å². The van der Waals surface area contributed by atoms with E-state index in [4.69, 9.17) is 5.73 Å². The minimum Gasteiger partial charge on any atom is -0.367 e. The Labute approximate surface area is 84.4 Å². The number of alkyl halides is 1. The van der Waals surface area contributed by atoms with Gasteiger partial charge in [-0.3, -0.25) is 4.79 Å². The van der Waals surface area contributed by atoms with Gasteiger partial charge in [-0.2, -0.15) is 0 Å². The molecule has 0 unspecified atom stereocenters. The number of rotatable bonds is 3. The molecule has 1 rings (SSSR count). The van der Waals surface area contributed by atoms with Crippen molar-refractivity contribution >= 4 is 5.91 Å². The molecule has 1 fully saturated rings. The van der Waals surface area contributed by atoms with Gasteiger partial charge < -0.3 is 10.6 Å². The smallest absolute Gasteiger partial charge is 0.255 e. The molecule has 0 bridgehead atoms. The summed E-state index contributed by atoms with van der Waals surface area (Å²) in [6.07, 6.45) is 0.490. The lowest BCUT2D eigenvalue weighted by Gasteiger charge is -2.35. The second-order valence-corrected chi connectivity index (χ2v) is 4.52. The van der Waals surface area contributed by atoms with Gasteiger partial charge in [-0.25, -0.2) is 4.39 Å². The summed E-state index contributed by atoms with van der Waals surface area (Å²) < 4.78 is 13.7. The second-order valence-electron chi connectivity index (χ2n) is 4.52. The Balaban J connectivity index is 2.42. The fourth-order valence-electron chi connectivity index (χ4n) is 1.85. The number of likely N-dealkylation sites (tertiary alicyclic amines) is 1. The van der Waals surface area contributed by atoms with Crippen molar-refractivity contribution in [1.82, 2.24) is 4.90 Å². The third-order valence-corrected chi connectivity index (χ3v) is 2.71. The van der Waals surface area contributed by atoms with Crippen molar-refractivity contribution in [2.75, 3.05) is 19.6 Å². The highest BCUT2D eigenvalue weighted by atomic mass is 19.1. The zero-order valence-electron chi connectivity index (χ0n) is 8.92. The fraction of sp³-hybridized carbons (Fsp3) is 0.900. The fourth-order valence-corrected chi connectivity index (χ4v) is 1.85. The monoisotopic (exact) mass is 202 g/mol. The Hall–Kier alpha value is -0.640. The number of nitrogens with zero attached hydrogens (tertiary/aromatic N) is 1. The minimum absolute atomic E-state index is 0.245. The van der Waals surface area contributed by atoms with Crippen LogP contribution in [0.25, 0.3) is 0 Å². The summed E-state index contributed by atoms with van der Waals surface area (Å²) in [6, 6.07) is 0. The van der Waals surface area contributed by atoms with E-state index in [1.165, 1.54) is 0 Å². The Kier molecular flexibility index (Phi) is 3.48. The summed E-state index contributed by atoms with van der Waals surface area (Å²) in [5.41, 5.74) is 3.26. The van der Waals surface area contributed by atoms with E-state index in [-0.39, 0.29) is 12.8 Å². The van der Waals surface area contributed by atoms with Gasteiger partial charge >= 0.3 is 0 Å². The highest BCUT2D eigenvalue weighted by Gasteiger charge is 2.39. The Morgan fingerprint density at radius 1 is 1.50 bits per heavy atom. The standard InChI is InChI=1S/C10H19FN2O/c1-8(2)7-13-5-3-10(11,4-6-13)9(12)14/h8H,3-7H2,1-2H3,(H2,12,14). The van der Waals surface area contributed by atoms with E-state index in [1.807, 2.05) is 0 Å². The molecule has 0 atom stereocenters. The first-order valence-electron chi connectivity index (χ1n) is 5.15. The topological polar surface area (TPSA) is 46.3 Å². The predicted octanol–water partition coefficient (Wildman–Crippen LogP) is 0.932. The van der Waals surface area contributed by atoms with Gasteiger partial charge in [-0.15, -0.1) is 0 Å². The van der Waals surface area contributed by atoms with E-state index < -0.39 is 11.6 Å². The van der Waals surface area contributed by atoms with Crippen LogP contribution in [0.15, 0.2) is 0 Å². The van der Waals surface area contributed by atoms with Crippen molar-refractivity contribution in [3.63, 3.8) is 0 Å². The third kappa shape index (κ3) is 2.67. The van der Waals surface area contributed by atoms with Gasteiger partial charge in [-0.1, -0.05) is 13.8 Å². The second kappa shape index (κ2) is 4.26. The summed E-state index contributed by atoms with van der Waals surface area (Å²) in [5, 5.41) is 0. The largest absolute Gasteiger partial charge is 0.367 e. The Morgan fingerprint density at radius 3 is 2.36 bits per heavy atom. The molecule has 0 aromatic carbocycles. The number of nitrogens with two attached hydrogens (primary N) is 1. The molecule has 0 saturated carbocycles. The number of hydrogen-bond donors (Lipinski definition) is 1. The first-order chi connectivity index (χ1) is 6.44. The van der Waals surface area contributed by atoms with Crippen LogP contribution in [0.2, 0.25) is 0 Å². The zero-order valence-corrected chi connectivity index (χ0v) is 8.92. The van der Waals surface area contributed by atoms with Gasteiger partial charge in [0.05, 0.1) is 0 Å².